The van der Waals surface area contributed by atoms with Gasteiger partial charge in [0.1, 0.15) is 5.82 Å². The molecule has 0 spiro atoms. The standard InChI is InChI=1S/C19H27N5O3S2/c1-13-6-7-14(2)17(11-13)29(26,27)24-9-4-5-16(12-24)18(25)20-8-10-28-19-21-15(3)22-23-19/h6-7,11,16H,4-5,8-10,12H2,1-3H3,(H,20,25)(H,21,22,23). The molecule has 2 aromatic rings. The molecular weight excluding hydrogens is 410 g/mol. The molecule has 0 radical (unpaired) electrons. The lowest BCUT2D eigenvalue weighted by Gasteiger charge is -2.31. The molecule has 0 aliphatic carbocycles. The molecule has 1 aliphatic heterocycles. The Bertz CT molecular complexity index is 974. The van der Waals surface area contributed by atoms with Crippen LogP contribution in [0.15, 0.2) is 28.3 Å². The van der Waals surface area contributed by atoms with Gasteiger partial charge in [-0.05, 0) is 50.8 Å². The average molecular weight is 438 g/mol. The Balaban J connectivity index is 1.56. The summed E-state index contributed by atoms with van der Waals surface area (Å²) in [5.41, 5.74) is 1.63. The van der Waals surface area contributed by atoms with Crippen LogP contribution in [-0.2, 0) is 14.8 Å². The van der Waals surface area contributed by atoms with E-state index in [1.165, 1.54) is 16.1 Å². The van der Waals surface area contributed by atoms with Crippen molar-refractivity contribution in [1.82, 2.24) is 24.8 Å². The largest absolute Gasteiger partial charge is 0.355 e. The van der Waals surface area contributed by atoms with Gasteiger partial charge in [0.2, 0.25) is 21.1 Å². The van der Waals surface area contributed by atoms with E-state index in [4.69, 9.17) is 0 Å². The van der Waals surface area contributed by atoms with Crippen molar-refractivity contribution in [2.45, 2.75) is 43.7 Å². The molecule has 2 N–H and O–H groups in total. The average Bonchev–Trinajstić information content (AvgIpc) is 3.12. The number of carbonyl (C=O) groups excluding carboxylic acids is 1. The molecule has 1 unspecified atom stereocenters. The normalized spacial score (nSPS) is 18.0. The number of aromatic nitrogens is 3. The third-order valence-corrected chi connectivity index (χ3v) is 7.78. The van der Waals surface area contributed by atoms with E-state index < -0.39 is 10.0 Å². The Hall–Kier alpha value is -1.91. The van der Waals surface area contributed by atoms with E-state index in [1.807, 2.05) is 26.0 Å². The SMILES string of the molecule is Cc1ccc(C)c(S(=O)(=O)N2CCCC(C(=O)NCCSc3n[nH]c(C)n3)C2)c1. The van der Waals surface area contributed by atoms with Crippen LogP contribution in [0.3, 0.4) is 0 Å². The Morgan fingerprint density at radius 3 is 2.86 bits per heavy atom. The Morgan fingerprint density at radius 1 is 1.34 bits per heavy atom. The van der Waals surface area contributed by atoms with Crippen LogP contribution in [-0.4, -0.2) is 59.2 Å². The molecule has 0 saturated carbocycles. The number of rotatable bonds is 7. The van der Waals surface area contributed by atoms with Crippen molar-refractivity contribution >= 4 is 27.7 Å². The first-order valence-corrected chi connectivity index (χ1v) is 12.1. The molecule has 1 amide bonds. The molecule has 3 rings (SSSR count). The van der Waals surface area contributed by atoms with Gasteiger partial charge in [-0.25, -0.2) is 13.4 Å². The van der Waals surface area contributed by atoms with Crippen molar-refractivity contribution in [3.05, 3.63) is 35.2 Å². The number of hydrogen-bond donors (Lipinski definition) is 2. The monoisotopic (exact) mass is 437 g/mol. The Labute approximate surface area is 175 Å². The van der Waals surface area contributed by atoms with E-state index in [0.29, 0.717) is 41.7 Å². The van der Waals surface area contributed by atoms with Crippen LogP contribution in [0, 0.1) is 26.7 Å². The van der Waals surface area contributed by atoms with Gasteiger partial charge < -0.3 is 5.32 Å². The smallest absolute Gasteiger partial charge is 0.243 e. The summed E-state index contributed by atoms with van der Waals surface area (Å²) in [7, 11) is -3.61. The summed E-state index contributed by atoms with van der Waals surface area (Å²) in [6.07, 6.45) is 1.37. The van der Waals surface area contributed by atoms with Gasteiger partial charge in [0, 0.05) is 25.4 Å². The number of nitrogens with one attached hydrogen (secondary N) is 2. The van der Waals surface area contributed by atoms with Gasteiger partial charge in [0.25, 0.3) is 0 Å². The highest BCUT2D eigenvalue weighted by molar-refractivity contribution is 7.99. The van der Waals surface area contributed by atoms with E-state index >= 15 is 0 Å². The molecule has 10 heteroatoms. The molecule has 1 fully saturated rings. The van der Waals surface area contributed by atoms with Crippen molar-refractivity contribution in [2.24, 2.45) is 5.92 Å². The lowest BCUT2D eigenvalue weighted by Crippen LogP contribution is -2.45. The van der Waals surface area contributed by atoms with Gasteiger partial charge in [-0.1, -0.05) is 23.9 Å². The van der Waals surface area contributed by atoms with Gasteiger partial charge in [0.15, 0.2) is 0 Å². The number of carbonyl (C=O) groups is 1. The Morgan fingerprint density at radius 2 is 2.14 bits per heavy atom. The second-order valence-electron chi connectivity index (χ2n) is 7.31. The fraction of sp³-hybridized carbons (Fsp3) is 0.526. The lowest BCUT2D eigenvalue weighted by molar-refractivity contribution is -0.125. The molecule has 1 aromatic heterocycles. The van der Waals surface area contributed by atoms with Gasteiger partial charge in [-0.3, -0.25) is 9.89 Å². The van der Waals surface area contributed by atoms with Crippen LogP contribution >= 0.6 is 11.8 Å². The van der Waals surface area contributed by atoms with Crippen LogP contribution in [0.4, 0.5) is 0 Å². The van der Waals surface area contributed by atoms with Crippen LogP contribution in [0.2, 0.25) is 0 Å². The van der Waals surface area contributed by atoms with Gasteiger partial charge >= 0.3 is 0 Å². The number of benzene rings is 1. The summed E-state index contributed by atoms with van der Waals surface area (Å²) < 4.78 is 27.7. The zero-order valence-electron chi connectivity index (χ0n) is 16.9. The summed E-state index contributed by atoms with van der Waals surface area (Å²) in [4.78, 5) is 17.1. The minimum absolute atomic E-state index is 0.0994. The van der Waals surface area contributed by atoms with Gasteiger partial charge in [-0.15, -0.1) is 5.10 Å². The summed E-state index contributed by atoms with van der Waals surface area (Å²) in [6, 6.07) is 5.43. The molecular formula is C19H27N5O3S2. The molecule has 1 atom stereocenters. The van der Waals surface area contributed by atoms with Crippen LogP contribution in [0.1, 0.15) is 29.8 Å². The first kappa shape index (κ1) is 21.8. The number of aryl methyl sites for hydroxylation is 3. The number of amides is 1. The quantitative estimate of drug-likeness (QED) is 0.507. The second kappa shape index (κ2) is 9.27. The zero-order chi connectivity index (χ0) is 21.0. The fourth-order valence-electron chi connectivity index (χ4n) is 3.35. The number of thioether (sulfide) groups is 1. The number of H-pyrrole nitrogens is 1. The summed E-state index contributed by atoms with van der Waals surface area (Å²) in [6.45, 7) is 6.65. The lowest BCUT2D eigenvalue weighted by atomic mass is 9.99. The predicted octanol–water partition coefficient (Wildman–Crippen LogP) is 2.04. The number of sulfonamides is 1. The first-order chi connectivity index (χ1) is 13.8. The highest BCUT2D eigenvalue weighted by atomic mass is 32.2. The highest BCUT2D eigenvalue weighted by Gasteiger charge is 2.33. The maximum Gasteiger partial charge on any atom is 0.243 e. The van der Waals surface area contributed by atoms with Crippen molar-refractivity contribution in [1.29, 1.82) is 0 Å². The molecule has 1 aliphatic rings. The van der Waals surface area contributed by atoms with Crippen molar-refractivity contribution < 1.29 is 13.2 Å². The third kappa shape index (κ3) is 5.37. The minimum atomic E-state index is -3.61. The van der Waals surface area contributed by atoms with E-state index in [9.17, 15) is 13.2 Å². The topological polar surface area (TPSA) is 108 Å². The van der Waals surface area contributed by atoms with Crippen LogP contribution in [0.5, 0.6) is 0 Å². The number of nitrogens with zero attached hydrogens (tertiary/aromatic N) is 3. The number of hydrogen-bond acceptors (Lipinski definition) is 6. The highest BCUT2D eigenvalue weighted by Crippen LogP contribution is 2.26. The Kier molecular flexibility index (Phi) is 6.97. The second-order valence-corrected chi connectivity index (χ2v) is 10.3. The molecule has 29 heavy (non-hydrogen) atoms. The predicted molar refractivity (Wildman–Crippen MR) is 112 cm³/mol. The summed E-state index contributed by atoms with van der Waals surface area (Å²) in [5, 5.41) is 10.4. The molecule has 1 aromatic carbocycles. The summed E-state index contributed by atoms with van der Waals surface area (Å²) in [5.74, 6) is 0.973. The third-order valence-electron chi connectivity index (χ3n) is 4.93. The van der Waals surface area contributed by atoms with Crippen molar-refractivity contribution in [3.63, 3.8) is 0 Å². The minimum Gasteiger partial charge on any atom is -0.355 e. The van der Waals surface area contributed by atoms with Crippen LogP contribution in [0.25, 0.3) is 0 Å². The molecule has 2 heterocycles. The molecule has 8 nitrogen and oxygen atoms in total. The first-order valence-electron chi connectivity index (χ1n) is 9.64. The fourth-order valence-corrected chi connectivity index (χ4v) is 5.88. The van der Waals surface area contributed by atoms with Gasteiger partial charge in [0.05, 0.1) is 10.8 Å². The maximum atomic E-state index is 13.1. The van der Waals surface area contributed by atoms with E-state index in [1.54, 1.807) is 13.0 Å². The van der Waals surface area contributed by atoms with E-state index in [0.717, 1.165) is 17.0 Å². The van der Waals surface area contributed by atoms with Crippen molar-refractivity contribution in [3.8, 4) is 0 Å². The zero-order valence-corrected chi connectivity index (χ0v) is 18.6. The molecule has 0 bridgehead atoms. The summed E-state index contributed by atoms with van der Waals surface area (Å²) >= 11 is 1.46. The van der Waals surface area contributed by atoms with Gasteiger partial charge in [-0.2, -0.15) is 4.31 Å². The van der Waals surface area contributed by atoms with Crippen LogP contribution < -0.4 is 5.32 Å². The number of piperidine rings is 1. The maximum absolute atomic E-state index is 13.1. The van der Waals surface area contributed by atoms with Crippen molar-refractivity contribution in [2.75, 3.05) is 25.4 Å². The molecule has 158 valence electrons. The van der Waals surface area contributed by atoms with E-state index in [2.05, 4.69) is 20.5 Å². The molecule has 1 saturated heterocycles. The number of aromatic amines is 1. The van der Waals surface area contributed by atoms with E-state index in [-0.39, 0.29) is 18.4 Å².